The number of carbonyl (C=O) groups is 2. The molecule has 1 aliphatic heterocycles. The maximum Gasteiger partial charge on any atom is 0.264 e. The highest BCUT2D eigenvalue weighted by molar-refractivity contribution is 7.86. The third kappa shape index (κ3) is 3.53. The van der Waals surface area contributed by atoms with Crippen LogP contribution in [0.5, 0.6) is 0 Å². The summed E-state index contributed by atoms with van der Waals surface area (Å²) in [4.78, 5) is 25.8. The Balaban J connectivity index is 1.59. The summed E-state index contributed by atoms with van der Waals surface area (Å²) in [5, 5.41) is 11.5. The van der Waals surface area contributed by atoms with Gasteiger partial charge in [-0.1, -0.05) is 26.3 Å². The van der Waals surface area contributed by atoms with Crippen molar-refractivity contribution in [3.8, 4) is 0 Å². The minimum absolute atomic E-state index is 0.0162. The van der Waals surface area contributed by atoms with Crippen LogP contribution in [0.2, 0.25) is 0 Å². The van der Waals surface area contributed by atoms with Crippen LogP contribution >= 0.6 is 0 Å². The molecule has 5 rings (SSSR count). The molecule has 11 heteroatoms. The second-order valence-electron chi connectivity index (χ2n) is 11.7. The van der Waals surface area contributed by atoms with E-state index < -0.39 is 86.9 Å². The van der Waals surface area contributed by atoms with Gasteiger partial charge in [0.05, 0.1) is 18.5 Å². The molecule has 0 bridgehead atoms. The van der Waals surface area contributed by atoms with E-state index in [-0.39, 0.29) is 24.8 Å². The summed E-state index contributed by atoms with van der Waals surface area (Å²) in [6, 6.07) is 0. The standard InChI is InChI=1S/C26H34F2O8S/c1-5-6-22-35-21-11-15-16-10-18(27)17-9-14(29)7-8-23(17,2)25(16,28)19(30)12-24(15,3)26(21,36-22)20(31)13-34-37(4,32)33/h7-9,15-16,18-19,21-22,30H,5-6,10-13H2,1-4H3/t15-,16-,18-,19?,21+,22?,23-,24-,25-,26+/m0/s1. The smallest absolute Gasteiger partial charge is 0.264 e. The Hall–Kier alpha value is -1.53. The molecule has 1 saturated heterocycles. The number of alkyl halides is 2. The fourth-order valence-corrected chi connectivity index (χ4v) is 8.47. The van der Waals surface area contributed by atoms with Gasteiger partial charge in [-0.25, -0.2) is 8.78 Å². The van der Waals surface area contributed by atoms with Gasteiger partial charge in [-0.05, 0) is 56.3 Å². The summed E-state index contributed by atoms with van der Waals surface area (Å²) >= 11 is 0. The van der Waals surface area contributed by atoms with Gasteiger partial charge in [-0.2, -0.15) is 8.42 Å². The quantitative estimate of drug-likeness (QED) is 0.508. The monoisotopic (exact) mass is 544 g/mol. The minimum Gasteiger partial charge on any atom is -0.390 e. The number of halogens is 2. The molecule has 1 heterocycles. The van der Waals surface area contributed by atoms with Gasteiger partial charge in [0.25, 0.3) is 10.1 Å². The van der Waals surface area contributed by atoms with Crippen LogP contribution in [0.4, 0.5) is 8.78 Å². The van der Waals surface area contributed by atoms with E-state index in [0.29, 0.717) is 12.8 Å². The maximum absolute atomic E-state index is 17.4. The van der Waals surface area contributed by atoms with Crippen molar-refractivity contribution in [2.75, 3.05) is 12.9 Å². The molecule has 2 unspecified atom stereocenters. The van der Waals surface area contributed by atoms with Crippen LogP contribution in [0.25, 0.3) is 0 Å². The first-order valence-corrected chi connectivity index (χ1v) is 14.6. The van der Waals surface area contributed by atoms with Crippen LogP contribution in [0.15, 0.2) is 23.8 Å². The van der Waals surface area contributed by atoms with E-state index in [1.165, 1.54) is 19.1 Å². The Bertz CT molecular complexity index is 1180. The molecule has 0 aromatic carbocycles. The van der Waals surface area contributed by atoms with Gasteiger partial charge in [0.2, 0.25) is 0 Å². The lowest BCUT2D eigenvalue weighted by molar-refractivity contribution is -0.234. The number of allylic oxidation sites excluding steroid dienone is 4. The molecule has 8 nitrogen and oxygen atoms in total. The average molecular weight is 545 g/mol. The molecule has 10 atom stereocenters. The van der Waals surface area contributed by atoms with E-state index in [4.69, 9.17) is 13.7 Å². The summed E-state index contributed by atoms with van der Waals surface area (Å²) in [6.45, 7) is 4.36. The molecule has 4 fully saturated rings. The second-order valence-corrected chi connectivity index (χ2v) is 13.3. The highest BCUT2D eigenvalue weighted by Gasteiger charge is 2.80. The zero-order valence-corrected chi connectivity index (χ0v) is 22.2. The van der Waals surface area contributed by atoms with Crippen LogP contribution in [-0.4, -0.2) is 73.9 Å². The van der Waals surface area contributed by atoms with E-state index in [2.05, 4.69) is 0 Å². The molecule has 4 aliphatic carbocycles. The molecule has 0 radical (unpaired) electrons. The number of hydrogen-bond donors (Lipinski definition) is 1. The molecule has 0 aromatic heterocycles. The van der Waals surface area contributed by atoms with Crippen molar-refractivity contribution in [1.29, 1.82) is 0 Å². The highest BCUT2D eigenvalue weighted by Crippen LogP contribution is 2.72. The zero-order valence-electron chi connectivity index (χ0n) is 21.4. The van der Waals surface area contributed by atoms with Gasteiger partial charge in [0.15, 0.2) is 29.1 Å². The Morgan fingerprint density at radius 1 is 1.27 bits per heavy atom. The summed E-state index contributed by atoms with van der Waals surface area (Å²) in [7, 11) is -3.94. The lowest BCUT2D eigenvalue weighted by atomic mass is 9.44. The highest BCUT2D eigenvalue weighted by atomic mass is 32.2. The maximum atomic E-state index is 17.4. The lowest BCUT2D eigenvalue weighted by Gasteiger charge is -2.63. The largest absolute Gasteiger partial charge is 0.390 e. The minimum atomic E-state index is -3.94. The fourth-order valence-electron chi connectivity index (χ4n) is 8.15. The van der Waals surface area contributed by atoms with Gasteiger partial charge >= 0.3 is 0 Å². The van der Waals surface area contributed by atoms with E-state index in [9.17, 15) is 23.1 Å². The number of aliphatic hydroxyl groups excluding tert-OH is 1. The summed E-state index contributed by atoms with van der Waals surface area (Å²) in [5.74, 6) is -2.73. The number of fused-ring (bicyclic) bond motifs is 7. The molecular weight excluding hydrogens is 510 g/mol. The van der Waals surface area contributed by atoms with Crippen molar-refractivity contribution in [1.82, 2.24) is 0 Å². The van der Waals surface area contributed by atoms with Crippen molar-refractivity contribution in [2.24, 2.45) is 22.7 Å². The third-order valence-corrected chi connectivity index (χ3v) is 10.3. The number of aliphatic hydroxyl groups is 1. The molecule has 206 valence electrons. The second kappa shape index (κ2) is 8.48. The van der Waals surface area contributed by atoms with Gasteiger partial charge in [0, 0.05) is 16.7 Å². The first kappa shape index (κ1) is 27.1. The van der Waals surface area contributed by atoms with Gasteiger partial charge in [-0.15, -0.1) is 0 Å². The van der Waals surface area contributed by atoms with Crippen molar-refractivity contribution >= 4 is 21.7 Å². The number of hydrogen-bond acceptors (Lipinski definition) is 8. The first-order chi connectivity index (χ1) is 17.1. The van der Waals surface area contributed by atoms with Crippen LogP contribution in [0.3, 0.4) is 0 Å². The molecule has 3 saturated carbocycles. The van der Waals surface area contributed by atoms with Crippen LogP contribution < -0.4 is 0 Å². The fraction of sp³-hybridized carbons (Fsp3) is 0.769. The van der Waals surface area contributed by atoms with E-state index in [0.717, 1.165) is 12.3 Å². The summed E-state index contributed by atoms with van der Waals surface area (Å²) in [6.07, 6.45) is 0.604. The summed E-state index contributed by atoms with van der Waals surface area (Å²) < 4.78 is 73.6. The lowest BCUT2D eigenvalue weighted by Crippen LogP contribution is -2.71. The van der Waals surface area contributed by atoms with Crippen molar-refractivity contribution in [3.05, 3.63) is 23.8 Å². The number of carbonyl (C=O) groups excluding carboxylic acids is 2. The zero-order chi connectivity index (χ0) is 27.2. The molecule has 5 aliphatic rings. The van der Waals surface area contributed by atoms with Gasteiger partial charge in [0.1, 0.15) is 12.8 Å². The number of ether oxygens (including phenoxy) is 2. The summed E-state index contributed by atoms with van der Waals surface area (Å²) in [5.41, 5.74) is -6.72. The predicted molar refractivity (Wildman–Crippen MR) is 127 cm³/mol. The number of rotatable bonds is 6. The van der Waals surface area contributed by atoms with Gasteiger partial charge in [-0.3, -0.25) is 13.8 Å². The Kier molecular flexibility index (Phi) is 6.20. The van der Waals surface area contributed by atoms with Gasteiger partial charge < -0.3 is 14.6 Å². The molecule has 0 aromatic rings. The SMILES string of the molecule is CCCC1O[C@@H]2C[C@H]3[C@@H]4C[C@H](F)C5=CC(=O)C=C[C@]5(C)[C@@]4(F)C(O)C[C@]3(C)[C@]2(C(=O)COS(C)(=O)=O)O1. The predicted octanol–water partition coefficient (Wildman–Crippen LogP) is 2.74. The number of Topliss-reactive ketones (excluding diaryl/α,β-unsaturated/α-hetero) is 1. The molecule has 37 heavy (non-hydrogen) atoms. The van der Waals surface area contributed by atoms with Crippen molar-refractivity contribution < 1.29 is 45.6 Å². The van der Waals surface area contributed by atoms with Crippen LogP contribution in [0.1, 0.15) is 52.9 Å². The number of ketones is 2. The molecule has 0 spiro atoms. The Morgan fingerprint density at radius 2 is 1.97 bits per heavy atom. The van der Waals surface area contributed by atoms with Crippen molar-refractivity contribution in [2.45, 2.75) is 88.8 Å². The first-order valence-electron chi connectivity index (χ1n) is 12.8. The van der Waals surface area contributed by atoms with Crippen LogP contribution in [0, 0.1) is 22.7 Å². The molecule has 0 amide bonds. The van der Waals surface area contributed by atoms with Crippen molar-refractivity contribution in [3.63, 3.8) is 0 Å². The van der Waals surface area contributed by atoms with E-state index in [1.54, 1.807) is 6.92 Å². The Labute approximate surface area is 215 Å². The van der Waals surface area contributed by atoms with E-state index in [1.807, 2.05) is 6.92 Å². The normalized spacial score (nSPS) is 48.6. The Morgan fingerprint density at radius 3 is 2.62 bits per heavy atom. The average Bonchev–Trinajstić information content (AvgIpc) is 3.28. The molecular formula is C26H34F2O8S. The van der Waals surface area contributed by atoms with E-state index >= 15 is 8.78 Å². The third-order valence-electron chi connectivity index (χ3n) is 9.76. The topological polar surface area (TPSA) is 116 Å². The molecule has 1 N–H and O–H groups in total. The van der Waals surface area contributed by atoms with Crippen LogP contribution in [-0.2, 0) is 33.4 Å².